The molecule has 0 radical (unpaired) electrons. The van der Waals surface area contributed by atoms with Crippen LogP contribution >= 0.6 is 23.2 Å². The summed E-state index contributed by atoms with van der Waals surface area (Å²) in [5, 5.41) is 6.77. The molecule has 0 aliphatic carbocycles. The second-order valence-electron chi connectivity index (χ2n) is 4.99. The molecule has 19 heavy (non-hydrogen) atoms. The molecule has 1 saturated heterocycles. The minimum Gasteiger partial charge on any atom is -0.323 e. The molecule has 1 aliphatic rings. The summed E-state index contributed by atoms with van der Waals surface area (Å²) in [6.45, 7) is 4.80. The van der Waals surface area contributed by atoms with Crippen LogP contribution in [0.5, 0.6) is 0 Å². The lowest BCUT2D eigenvalue weighted by atomic mass is 9.92. The Balaban J connectivity index is 2.10. The summed E-state index contributed by atoms with van der Waals surface area (Å²) in [5.41, 5.74) is 1.38. The molecule has 0 bridgehead atoms. The predicted molar refractivity (Wildman–Crippen MR) is 77.8 cm³/mol. The monoisotopic (exact) mass is 301 g/mol. The molecule has 2 unspecified atom stereocenters. The van der Waals surface area contributed by atoms with Crippen LogP contribution in [0.15, 0.2) is 6.07 Å². The van der Waals surface area contributed by atoms with Gasteiger partial charge in [-0.2, -0.15) is 0 Å². The average molecular weight is 302 g/mol. The molecule has 2 atom stereocenters. The van der Waals surface area contributed by atoms with E-state index in [-0.39, 0.29) is 17.0 Å². The van der Waals surface area contributed by atoms with Gasteiger partial charge in [-0.1, -0.05) is 23.2 Å². The number of nitrogens with one attached hydrogen (secondary N) is 2. The minimum absolute atomic E-state index is 0.00229. The van der Waals surface area contributed by atoms with E-state index in [4.69, 9.17) is 23.2 Å². The van der Waals surface area contributed by atoms with E-state index in [9.17, 15) is 4.79 Å². The third kappa shape index (κ3) is 3.59. The zero-order chi connectivity index (χ0) is 14.0. The number of carbonyl (C=O) groups is 1. The Kier molecular flexibility index (Phi) is 4.66. The Morgan fingerprint density at radius 2 is 2.26 bits per heavy atom. The van der Waals surface area contributed by atoms with Crippen molar-refractivity contribution in [3.63, 3.8) is 0 Å². The van der Waals surface area contributed by atoms with Gasteiger partial charge in [-0.05, 0) is 44.9 Å². The summed E-state index contributed by atoms with van der Waals surface area (Å²) in [6, 6.07) is 2.05. The summed E-state index contributed by atoms with van der Waals surface area (Å²) in [7, 11) is 0. The quantitative estimate of drug-likeness (QED) is 0.826. The molecular weight excluding hydrogens is 285 g/mol. The molecule has 6 heteroatoms. The Morgan fingerprint density at radius 3 is 2.89 bits per heavy atom. The number of hydrogen-bond donors (Lipinski definition) is 2. The third-order valence-corrected chi connectivity index (χ3v) is 3.85. The van der Waals surface area contributed by atoms with Crippen molar-refractivity contribution in [3.8, 4) is 0 Å². The Morgan fingerprint density at radius 1 is 1.53 bits per heavy atom. The highest BCUT2D eigenvalue weighted by atomic mass is 35.5. The van der Waals surface area contributed by atoms with Crippen LogP contribution in [0.2, 0.25) is 10.3 Å². The first-order valence-corrected chi connectivity index (χ1v) is 7.10. The van der Waals surface area contributed by atoms with Crippen molar-refractivity contribution in [1.82, 2.24) is 10.3 Å². The van der Waals surface area contributed by atoms with Gasteiger partial charge in [-0.3, -0.25) is 4.79 Å². The van der Waals surface area contributed by atoms with Crippen molar-refractivity contribution in [2.24, 2.45) is 5.92 Å². The Labute approximate surface area is 122 Å². The molecular formula is C13H17Cl2N3O. The third-order valence-electron chi connectivity index (χ3n) is 3.38. The number of aryl methyl sites for hydroxylation is 1. The van der Waals surface area contributed by atoms with E-state index >= 15 is 0 Å². The van der Waals surface area contributed by atoms with Gasteiger partial charge in [-0.25, -0.2) is 4.98 Å². The summed E-state index contributed by atoms with van der Waals surface area (Å²) < 4.78 is 0. The smallest absolute Gasteiger partial charge is 0.227 e. The topological polar surface area (TPSA) is 54.0 Å². The molecule has 0 aromatic carbocycles. The van der Waals surface area contributed by atoms with Gasteiger partial charge in [0.05, 0.1) is 5.69 Å². The number of carbonyl (C=O) groups excluding carboxylic acids is 1. The molecule has 0 spiro atoms. The highest BCUT2D eigenvalue weighted by Gasteiger charge is 2.25. The van der Waals surface area contributed by atoms with E-state index < -0.39 is 0 Å². The maximum absolute atomic E-state index is 12.2. The minimum atomic E-state index is 0.00229. The van der Waals surface area contributed by atoms with E-state index in [1.807, 2.05) is 6.92 Å². The van der Waals surface area contributed by atoms with Crippen molar-refractivity contribution < 1.29 is 4.79 Å². The van der Waals surface area contributed by atoms with Crippen molar-refractivity contribution in [2.45, 2.75) is 32.7 Å². The number of amides is 1. The van der Waals surface area contributed by atoms with Crippen LogP contribution in [-0.2, 0) is 4.79 Å². The zero-order valence-corrected chi connectivity index (χ0v) is 12.5. The van der Waals surface area contributed by atoms with Gasteiger partial charge in [0.15, 0.2) is 5.15 Å². The van der Waals surface area contributed by atoms with Crippen LogP contribution < -0.4 is 10.6 Å². The zero-order valence-electron chi connectivity index (χ0n) is 11.0. The van der Waals surface area contributed by atoms with E-state index in [0.29, 0.717) is 16.9 Å². The Bertz CT molecular complexity index is 470. The molecule has 1 aromatic rings. The second-order valence-corrected chi connectivity index (χ2v) is 5.74. The fraction of sp³-hybridized carbons (Fsp3) is 0.538. The lowest BCUT2D eigenvalue weighted by Gasteiger charge is -2.27. The molecule has 1 amide bonds. The molecule has 1 aromatic heterocycles. The van der Waals surface area contributed by atoms with Crippen LogP contribution in [0.4, 0.5) is 5.69 Å². The van der Waals surface area contributed by atoms with Gasteiger partial charge in [0.2, 0.25) is 5.91 Å². The highest BCUT2D eigenvalue weighted by Crippen LogP contribution is 2.28. The fourth-order valence-corrected chi connectivity index (χ4v) is 2.92. The van der Waals surface area contributed by atoms with E-state index in [0.717, 1.165) is 24.9 Å². The van der Waals surface area contributed by atoms with Crippen molar-refractivity contribution in [2.75, 3.05) is 11.9 Å². The summed E-state index contributed by atoms with van der Waals surface area (Å²) in [6.07, 6.45) is 1.68. The summed E-state index contributed by atoms with van der Waals surface area (Å²) in [5.74, 6) is 0.0184. The number of piperidine rings is 1. The molecule has 4 nitrogen and oxygen atoms in total. The molecule has 2 rings (SSSR count). The largest absolute Gasteiger partial charge is 0.323 e. The van der Waals surface area contributed by atoms with Gasteiger partial charge in [0.1, 0.15) is 5.15 Å². The van der Waals surface area contributed by atoms with Crippen molar-refractivity contribution in [3.05, 3.63) is 21.9 Å². The molecule has 2 N–H and O–H groups in total. The van der Waals surface area contributed by atoms with Gasteiger partial charge in [0, 0.05) is 12.0 Å². The first kappa shape index (κ1) is 14.6. The summed E-state index contributed by atoms with van der Waals surface area (Å²) >= 11 is 11.8. The highest BCUT2D eigenvalue weighted by molar-refractivity contribution is 6.34. The number of rotatable bonds is 2. The van der Waals surface area contributed by atoms with E-state index in [1.165, 1.54) is 0 Å². The lowest BCUT2D eigenvalue weighted by Crippen LogP contribution is -2.40. The molecule has 0 saturated carbocycles. The van der Waals surface area contributed by atoms with Gasteiger partial charge < -0.3 is 10.6 Å². The van der Waals surface area contributed by atoms with Crippen LogP contribution in [-0.4, -0.2) is 23.5 Å². The van der Waals surface area contributed by atoms with Crippen LogP contribution in [0.1, 0.15) is 25.3 Å². The van der Waals surface area contributed by atoms with Crippen LogP contribution in [0, 0.1) is 12.8 Å². The van der Waals surface area contributed by atoms with Crippen molar-refractivity contribution in [1.29, 1.82) is 0 Å². The van der Waals surface area contributed by atoms with Crippen LogP contribution in [0.3, 0.4) is 0 Å². The molecule has 104 valence electrons. The first-order valence-electron chi connectivity index (χ1n) is 6.34. The molecule has 2 heterocycles. The van der Waals surface area contributed by atoms with Crippen LogP contribution in [0.25, 0.3) is 0 Å². The number of anilines is 1. The molecule has 1 aliphatic heterocycles. The number of halogens is 2. The normalized spacial score (nSPS) is 23.2. The predicted octanol–water partition coefficient (Wildman–Crippen LogP) is 3.02. The molecule has 1 fully saturated rings. The van der Waals surface area contributed by atoms with Gasteiger partial charge >= 0.3 is 0 Å². The fourth-order valence-electron chi connectivity index (χ4n) is 2.34. The average Bonchev–Trinajstić information content (AvgIpc) is 2.33. The SMILES string of the molecule is Cc1cc(Cl)nc(Cl)c1NC(=O)C1CCNC(C)C1. The number of aromatic nitrogens is 1. The standard InChI is InChI=1S/C13H17Cl2N3O/c1-7-5-10(14)17-12(15)11(7)18-13(19)9-3-4-16-8(2)6-9/h5,8-9,16H,3-4,6H2,1-2H3,(H,18,19). The number of pyridine rings is 1. The maximum Gasteiger partial charge on any atom is 0.227 e. The number of hydrogen-bond acceptors (Lipinski definition) is 3. The first-order chi connectivity index (χ1) is 8.97. The second kappa shape index (κ2) is 6.07. The van der Waals surface area contributed by atoms with Gasteiger partial charge in [-0.15, -0.1) is 0 Å². The van der Waals surface area contributed by atoms with Gasteiger partial charge in [0.25, 0.3) is 0 Å². The van der Waals surface area contributed by atoms with E-state index in [1.54, 1.807) is 6.07 Å². The van der Waals surface area contributed by atoms with Crippen molar-refractivity contribution >= 4 is 34.8 Å². The maximum atomic E-state index is 12.2. The Hall–Kier alpha value is -0.840. The van der Waals surface area contributed by atoms with E-state index in [2.05, 4.69) is 22.5 Å². The lowest BCUT2D eigenvalue weighted by molar-refractivity contribution is -0.120. The summed E-state index contributed by atoms with van der Waals surface area (Å²) in [4.78, 5) is 16.2. The number of nitrogens with zero attached hydrogens (tertiary/aromatic N) is 1.